The Morgan fingerprint density at radius 1 is 1.29 bits per heavy atom. The zero-order valence-electron chi connectivity index (χ0n) is 12.6. The molecule has 0 aliphatic rings. The normalized spacial score (nSPS) is 10.4. The molecule has 0 unspecified atom stereocenters. The number of nitrogens with zero attached hydrogens (tertiary/aromatic N) is 3. The van der Waals surface area contributed by atoms with Crippen molar-refractivity contribution in [2.45, 2.75) is 13.5 Å². The first-order valence-electron chi connectivity index (χ1n) is 6.96. The highest BCUT2D eigenvalue weighted by Gasteiger charge is 2.13. The van der Waals surface area contributed by atoms with E-state index in [9.17, 15) is 4.79 Å². The highest BCUT2D eigenvalue weighted by molar-refractivity contribution is 9.10. The number of hydrogen-bond acceptors (Lipinski definition) is 7. The van der Waals surface area contributed by atoms with E-state index < -0.39 is 5.97 Å². The number of ether oxygens (including phenoxy) is 2. The maximum atomic E-state index is 10.8. The van der Waals surface area contributed by atoms with Gasteiger partial charge in [0.05, 0.1) is 0 Å². The molecule has 0 bridgehead atoms. The number of rotatable bonds is 5. The van der Waals surface area contributed by atoms with Gasteiger partial charge in [-0.15, -0.1) is 0 Å². The quantitative estimate of drug-likeness (QED) is 0.613. The average molecular weight is 390 g/mol. The lowest BCUT2D eigenvalue weighted by Gasteiger charge is -2.06. The Bertz CT molecular complexity index is 852. The van der Waals surface area contributed by atoms with Crippen LogP contribution in [0, 0.1) is 0 Å². The molecule has 0 spiro atoms. The Labute approximate surface area is 145 Å². The number of esters is 1. The maximum Gasteiger partial charge on any atom is 0.303 e. The van der Waals surface area contributed by atoms with E-state index >= 15 is 0 Å². The van der Waals surface area contributed by atoms with Crippen molar-refractivity contribution in [3.63, 3.8) is 0 Å². The fraction of sp³-hybridized carbons (Fsp3) is 0.125. The van der Waals surface area contributed by atoms with E-state index in [2.05, 4.69) is 31.1 Å². The first-order chi connectivity index (χ1) is 11.6. The van der Waals surface area contributed by atoms with E-state index in [-0.39, 0.29) is 12.5 Å². The standard InChI is InChI=1S/C16H12BrN3O4/c1-10(21)22-9-15-19-16(20-24-15)12-6-5-11(8-13(12)17)23-14-4-2-3-7-18-14/h2-8H,9H2,1H3. The molecule has 7 nitrogen and oxygen atoms in total. The van der Waals surface area contributed by atoms with E-state index in [4.69, 9.17) is 14.0 Å². The second-order valence-corrected chi connectivity index (χ2v) is 5.56. The van der Waals surface area contributed by atoms with Gasteiger partial charge in [-0.25, -0.2) is 4.98 Å². The summed E-state index contributed by atoms with van der Waals surface area (Å²) < 4.78 is 16.3. The molecule has 24 heavy (non-hydrogen) atoms. The topological polar surface area (TPSA) is 87.3 Å². The van der Waals surface area contributed by atoms with Gasteiger partial charge in [0.1, 0.15) is 5.75 Å². The van der Waals surface area contributed by atoms with Crippen molar-refractivity contribution in [3.05, 3.63) is 53.0 Å². The second-order valence-electron chi connectivity index (χ2n) is 4.70. The molecule has 2 heterocycles. The summed E-state index contributed by atoms with van der Waals surface area (Å²) in [5.41, 5.74) is 0.723. The van der Waals surface area contributed by atoms with Gasteiger partial charge >= 0.3 is 5.97 Å². The highest BCUT2D eigenvalue weighted by atomic mass is 79.9. The maximum absolute atomic E-state index is 10.8. The minimum absolute atomic E-state index is 0.0547. The summed E-state index contributed by atoms with van der Waals surface area (Å²) in [7, 11) is 0. The van der Waals surface area contributed by atoms with Crippen LogP contribution < -0.4 is 4.74 Å². The molecule has 122 valence electrons. The lowest BCUT2D eigenvalue weighted by molar-refractivity contribution is -0.143. The van der Waals surface area contributed by atoms with Crippen LogP contribution in [0.15, 0.2) is 51.6 Å². The van der Waals surface area contributed by atoms with Gasteiger partial charge in [-0.1, -0.05) is 11.2 Å². The highest BCUT2D eigenvalue weighted by Crippen LogP contribution is 2.31. The predicted octanol–water partition coefficient (Wildman–Crippen LogP) is 3.75. The molecule has 0 N–H and O–H groups in total. The molecule has 3 aromatic rings. The van der Waals surface area contributed by atoms with Crippen molar-refractivity contribution in [1.29, 1.82) is 0 Å². The van der Waals surface area contributed by atoms with Crippen molar-refractivity contribution in [2.24, 2.45) is 0 Å². The summed E-state index contributed by atoms with van der Waals surface area (Å²) in [6.45, 7) is 1.26. The third-order valence-electron chi connectivity index (χ3n) is 2.91. The smallest absolute Gasteiger partial charge is 0.303 e. The predicted molar refractivity (Wildman–Crippen MR) is 87.2 cm³/mol. The lowest BCUT2D eigenvalue weighted by Crippen LogP contribution is -1.98. The second kappa shape index (κ2) is 7.22. The third kappa shape index (κ3) is 3.96. The number of pyridine rings is 1. The summed E-state index contributed by atoms with van der Waals surface area (Å²) in [5, 5.41) is 3.88. The molecule has 0 saturated carbocycles. The fourth-order valence-corrected chi connectivity index (χ4v) is 2.39. The van der Waals surface area contributed by atoms with Crippen LogP contribution in [0.5, 0.6) is 11.6 Å². The van der Waals surface area contributed by atoms with Crippen LogP contribution in [0.2, 0.25) is 0 Å². The molecule has 0 atom stereocenters. The molecular formula is C16H12BrN3O4. The van der Waals surface area contributed by atoms with E-state index in [1.807, 2.05) is 12.1 Å². The Morgan fingerprint density at radius 3 is 2.88 bits per heavy atom. The molecule has 0 radical (unpaired) electrons. The zero-order chi connectivity index (χ0) is 16.9. The van der Waals surface area contributed by atoms with Crippen LogP contribution in [0.25, 0.3) is 11.4 Å². The van der Waals surface area contributed by atoms with Gasteiger partial charge in [0.25, 0.3) is 5.89 Å². The van der Waals surface area contributed by atoms with Gasteiger partial charge in [0, 0.05) is 29.2 Å². The van der Waals surface area contributed by atoms with Crippen molar-refractivity contribution >= 4 is 21.9 Å². The minimum atomic E-state index is -0.410. The molecule has 8 heteroatoms. The summed E-state index contributed by atoms with van der Waals surface area (Å²) >= 11 is 3.46. The molecule has 3 rings (SSSR count). The van der Waals surface area contributed by atoms with E-state index in [1.54, 1.807) is 30.5 Å². The van der Waals surface area contributed by atoms with Crippen LogP contribution >= 0.6 is 15.9 Å². The van der Waals surface area contributed by atoms with E-state index in [0.717, 1.165) is 10.0 Å². The number of hydrogen-bond donors (Lipinski definition) is 0. The van der Waals surface area contributed by atoms with Crippen molar-refractivity contribution < 1.29 is 18.8 Å². The first-order valence-corrected chi connectivity index (χ1v) is 7.76. The Balaban J connectivity index is 1.76. The van der Waals surface area contributed by atoms with Crippen LogP contribution in [-0.2, 0) is 16.1 Å². The lowest BCUT2D eigenvalue weighted by atomic mass is 10.2. The number of halogens is 1. The molecule has 0 saturated heterocycles. The summed E-state index contributed by atoms with van der Waals surface area (Å²) in [6.07, 6.45) is 1.66. The van der Waals surface area contributed by atoms with Crippen molar-refractivity contribution in [2.75, 3.05) is 0 Å². The molecular weight excluding hydrogens is 378 g/mol. The number of benzene rings is 1. The Morgan fingerprint density at radius 2 is 2.17 bits per heavy atom. The molecule has 0 amide bonds. The van der Waals surface area contributed by atoms with Gasteiger partial charge in [0.15, 0.2) is 6.61 Å². The summed E-state index contributed by atoms with van der Waals surface area (Å²) in [5.74, 6) is 1.31. The molecule has 0 aliphatic heterocycles. The van der Waals surface area contributed by atoms with Gasteiger partial charge in [-0.05, 0) is 40.2 Å². The Hall–Kier alpha value is -2.74. The Kier molecular flexibility index (Phi) is 4.85. The molecule has 1 aromatic carbocycles. The summed E-state index contributed by atoms with van der Waals surface area (Å²) in [6, 6.07) is 10.8. The fourth-order valence-electron chi connectivity index (χ4n) is 1.86. The van der Waals surface area contributed by atoms with Crippen LogP contribution in [-0.4, -0.2) is 21.1 Å². The van der Waals surface area contributed by atoms with Crippen LogP contribution in [0.3, 0.4) is 0 Å². The largest absolute Gasteiger partial charge is 0.456 e. The SMILES string of the molecule is CC(=O)OCc1nc(-c2ccc(Oc3ccccn3)cc2Br)no1. The average Bonchev–Trinajstić information content (AvgIpc) is 3.03. The zero-order valence-corrected chi connectivity index (χ0v) is 14.2. The van der Waals surface area contributed by atoms with Crippen LogP contribution in [0.1, 0.15) is 12.8 Å². The van der Waals surface area contributed by atoms with E-state index in [1.165, 1.54) is 6.92 Å². The van der Waals surface area contributed by atoms with Crippen molar-refractivity contribution in [1.82, 2.24) is 15.1 Å². The first kappa shape index (κ1) is 16.1. The van der Waals surface area contributed by atoms with Crippen LogP contribution in [0.4, 0.5) is 0 Å². The van der Waals surface area contributed by atoms with Gasteiger partial charge in [0.2, 0.25) is 11.7 Å². The number of carbonyl (C=O) groups excluding carboxylic acids is 1. The number of aromatic nitrogens is 3. The molecule has 2 aromatic heterocycles. The monoisotopic (exact) mass is 389 g/mol. The van der Waals surface area contributed by atoms with Gasteiger partial charge in [-0.2, -0.15) is 4.98 Å². The number of carbonyl (C=O) groups is 1. The van der Waals surface area contributed by atoms with E-state index in [0.29, 0.717) is 17.5 Å². The van der Waals surface area contributed by atoms with Gasteiger partial charge < -0.3 is 14.0 Å². The molecule has 0 aliphatic carbocycles. The molecule has 0 fully saturated rings. The van der Waals surface area contributed by atoms with Gasteiger partial charge in [-0.3, -0.25) is 4.79 Å². The third-order valence-corrected chi connectivity index (χ3v) is 3.56. The minimum Gasteiger partial charge on any atom is -0.456 e. The van der Waals surface area contributed by atoms with Crippen molar-refractivity contribution in [3.8, 4) is 23.0 Å². The summed E-state index contributed by atoms with van der Waals surface area (Å²) in [4.78, 5) is 19.1.